The number of nitro benzene ring substituents is 1. The lowest BCUT2D eigenvalue weighted by Crippen LogP contribution is -2.34. The number of nitro groups is 1. The first-order valence-electron chi connectivity index (χ1n) is 13.2. The molecule has 0 bridgehead atoms. The van der Waals surface area contributed by atoms with Gasteiger partial charge in [-0.25, -0.2) is 9.69 Å². The summed E-state index contributed by atoms with van der Waals surface area (Å²) < 4.78 is 1.37. The SMILES string of the molecule is CC1=NN(c2ccc(C)c(C)c2)C(=O)[C@H]1[C@@H](c1cc([N+](=O)[O-])ccc1[O-])c1c(C)[nH]n(-c2ccc(C)c(C)c2)c1=O. The van der Waals surface area contributed by atoms with Gasteiger partial charge in [0.05, 0.1) is 22.2 Å². The fourth-order valence-corrected chi connectivity index (χ4v) is 5.37. The number of H-pyrrole nitrogens is 1. The molecule has 0 saturated heterocycles. The number of rotatable bonds is 6. The molecule has 2 atom stereocenters. The lowest BCUT2D eigenvalue weighted by Gasteiger charge is -2.27. The van der Waals surface area contributed by atoms with Gasteiger partial charge in [0.1, 0.15) is 0 Å². The van der Waals surface area contributed by atoms with Gasteiger partial charge < -0.3 is 5.11 Å². The molecule has 3 aromatic carbocycles. The van der Waals surface area contributed by atoms with Crippen molar-refractivity contribution in [3.05, 3.63) is 114 Å². The van der Waals surface area contributed by atoms with Gasteiger partial charge in [-0.2, -0.15) is 5.10 Å². The third-order valence-electron chi connectivity index (χ3n) is 7.97. The maximum absolute atomic E-state index is 14.1. The highest BCUT2D eigenvalue weighted by atomic mass is 16.6. The number of anilines is 1. The van der Waals surface area contributed by atoms with E-state index in [0.29, 0.717) is 22.8 Å². The molecule has 210 valence electrons. The summed E-state index contributed by atoms with van der Waals surface area (Å²) in [4.78, 5) is 39.2. The van der Waals surface area contributed by atoms with Gasteiger partial charge in [0.15, 0.2) is 0 Å². The number of hydrazone groups is 1. The Balaban J connectivity index is 1.72. The summed E-state index contributed by atoms with van der Waals surface area (Å²) in [7, 11) is 0. The lowest BCUT2D eigenvalue weighted by molar-refractivity contribution is -0.385. The van der Waals surface area contributed by atoms with Crippen molar-refractivity contribution < 1.29 is 14.8 Å². The van der Waals surface area contributed by atoms with Gasteiger partial charge in [0.2, 0.25) is 0 Å². The Morgan fingerprint density at radius 3 is 2.07 bits per heavy atom. The number of nitrogens with one attached hydrogen (secondary N) is 1. The summed E-state index contributed by atoms with van der Waals surface area (Å²) in [6.45, 7) is 11.2. The van der Waals surface area contributed by atoms with Crippen molar-refractivity contribution >= 4 is 23.0 Å². The van der Waals surface area contributed by atoms with Crippen LogP contribution >= 0.6 is 0 Å². The predicted molar refractivity (Wildman–Crippen MR) is 155 cm³/mol. The minimum absolute atomic E-state index is 0.0135. The number of nitrogens with zero attached hydrogens (tertiary/aromatic N) is 4. The maximum Gasteiger partial charge on any atom is 0.275 e. The number of amides is 1. The number of aromatic nitrogens is 2. The molecule has 4 aromatic rings. The van der Waals surface area contributed by atoms with Gasteiger partial charge in [0, 0.05) is 35.0 Å². The van der Waals surface area contributed by atoms with Crippen molar-refractivity contribution in [3.63, 3.8) is 0 Å². The van der Waals surface area contributed by atoms with Crippen molar-refractivity contribution in [2.75, 3.05) is 5.01 Å². The summed E-state index contributed by atoms with van der Waals surface area (Å²) in [6, 6.07) is 14.5. The van der Waals surface area contributed by atoms with Crippen LogP contribution in [0.1, 0.15) is 51.9 Å². The molecule has 1 amide bonds. The second-order valence-electron chi connectivity index (χ2n) is 10.7. The number of carbonyl (C=O) groups excluding carboxylic acids is 1. The Morgan fingerprint density at radius 1 is 0.854 bits per heavy atom. The predicted octanol–water partition coefficient (Wildman–Crippen LogP) is 4.86. The molecular weight excluding hydrogens is 522 g/mol. The second-order valence-corrected chi connectivity index (χ2v) is 10.7. The quantitative estimate of drug-likeness (QED) is 0.269. The monoisotopic (exact) mass is 552 g/mol. The smallest absolute Gasteiger partial charge is 0.275 e. The van der Waals surface area contributed by atoms with Gasteiger partial charge in [-0.15, -0.1) is 5.75 Å². The van der Waals surface area contributed by atoms with Crippen LogP contribution in [-0.4, -0.2) is 26.3 Å². The van der Waals surface area contributed by atoms with E-state index in [2.05, 4.69) is 10.2 Å². The third-order valence-corrected chi connectivity index (χ3v) is 7.97. The number of carbonyl (C=O) groups is 1. The van der Waals surface area contributed by atoms with E-state index < -0.39 is 34.0 Å². The standard InChI is InChI=1S/C31H31N5O5/c1-16-7-9-22(13-18(16)3)34-30(38)27(20(5)32-34)29(25-15-24(36(40)41)11-12-26(25)37)28-21(6)33-35(31(28)39)23-10-8-17(2)19(4)14-23/h7-15,27,29,33,37H,1-6H3/p-1/t27-,29-/m1/s1. The fraction of sp³-hybridized carbons (Fsp3) is 0.258. The molecule has 10 nitrogen and oxygen atoms in total. The van der Waals surface area contributed by atoms with Gasteiger partial charge in [0.25, 0.3) is 17.2 Å². The number of aromatic amines is 1. The average molecular weight is 553 g/mol. The number of hydrogen-bond donors (Lipinski definition) is 1. The van der Waals surface area contributed by atoms with Crippen LogP contribution in [0.2, 0.25) is 0 Å². The highest BCUT2D eigenvalue weighted by molar-refractivity contribution is 6.15. The summed E-state index contributed by atoms with van der Waals surface area (Å²) >= 11 is 0. The van der Waals surface area contributed by atoms with Crippen molar-refractivity contribution in [1.29, 1.82) is 0 Å². The fourth-order valence-electron chi connectivity index (χ4n) is 5.37. The van der Waals surface area contributed by atoms with E-state index in [1.165, 1.54) is 15.8 Å². The van der Waals surface area contributed by atoms with Gasteiger partial charge in [-0.1, -0.05) is 18.2 Å². The molecule has 1 aliphatic heterocycles. The van der Waals surface area contributed by atoms with Crippen LogP contribution in [-0.2, 0) is 4.79 Å². The number of aryl methyl sites for hydroxylation is 5. The second kappa shape index (κ2) is 10.2. The molecule has 1 aliphatic rings. The Morgan fingerprint density at radius 2 is 1.46 bits per heavy atom. The van der Waals surface area contributed by atoms with Crippen LogP contribution in [0.4, 0.5) is 11.4 Å². The number of benzene rings is 3. The Hall–Kier alpha value is -4.99. The zero-order chi connectivity index (χ0) is 29.7. The molecule has 0 spiro atoms. The maximum atomic E-state index is 14.1. The largest absolute Gasteiger partial charge is 0.872 e. The molecular formula is C31H30N5O5-. The van der Waals surface area contributed by atoms with Crippen LogP contribution in [0.5, 0.6) is 5.75 Å². The number of hydrogen-bond acceptors (Lipinski definition) is 6. The zero-order valence-corrected chi connectivity index (χ0v) is 23.7. The van der Waals surface area contributed by atoms with Gasteiger partial charge >= 0.3 is 0 Å². The lowest BCUT2D eigenvalue weighted by atomic mass is 9.78. The van der Waals surface area contributed by atoms with Crippen LogP contribution in [0.15, 0.2) is 64.5 Å². The van der Waals surface area contributed by atoms with Crippen LogP contribution in [0.25, 0.3) is 5.69 Å². The summed E-state index contributed by atoms with van der Waals surface area (Å²) in [5.41, 5.74) is 5.45. The summed E-state index contributed by atoms with van der Waals surface area (Å²) in [5.74, 6) is -3.10. The van der Waals surface area contributed by atoms with Crippen molar-refractivity contribution in [2.24, 2.45) is 11.0 Å². The van der Waals surface area contributed by atoms with E-state index in [9.17, 15) is 24.8 Å². The van der Waals surface area contributed by atoms with E-state index in [1.54, 1.807) is 26.0 Å². The Labute approximate surface area is 236 Å². The first-order chi connectivity index (χ1) is 19.4. The van der Waals surface area contributed by atoms with Crippen LogP contribution < -0.4 is 15.7 Å². The normalized spacial score (nSPS) is 15.8. The molecule has 41 heavy (non-hydrogen) atoms. The minimum atomic E-state index is -1.12. The zero-order valence-electron chi connectivity index (χ0n) is 23.7. The molecule has 0 unspecified atom stereocenters. The third kappa shape index (κ3) is 4.71. The van der Waals surface area contributed by atoms with Gasteiger partial charge in [-0.05, 0) is 93.6 Å². The number of non-ortho nitro benzene ring substituents is 1. The topological polar surface area (TPSA) is 137 Å². The first-order valence-corrected chi connectivity index (χ1v) is 13.2. The minimum Gasteiger partial charge on any atom is -0.872 e. The molecule has 0 radical (unpaired) electrons. The molecule has 0 fully saturated rings. The first kappa shape index (κ1) is 27.6. The molecule has 10 heteroatoms. The van der Waals surface area contributed by atoms with Crippen LogP contribution in [0, 0.1) is 50.7 Å². The van der Waals surface area contributed by atoms with Crippen molar-refractivity contribution in [3.8, 4) is 11.4 Å². The average Bonchev–Trinajstić information content (AvgIpc) is 3.38. The molecule has 0 aliphatic carbocycles. The van der Waals surface area contributed by atoms with Gasteiger partial charge in [-0.3, -0.25) is 24.8 Å². The highest BCUT2D eigenvalue weighted by Gasteiger charge is 2.44. The van der Waals surface area contributed by atoms with E-state index in [4.69, 9.17) is 0 Å². The van der Waals surface area contributed by atoms with Crippen molar-refractivity contribution in [2.45, 2.75) is 47.5 Å². The molecule has 5 rings (SSSR count). The Kier molecular flexibility index (Phi) is 6.86. The molecule has 1 N–H and O–H groups in total. The summed E-state index contributed by atoms with van der Waals surface area (Å²) in [6.07, 6.45) is 0. The Bertz CT molecular complexity index is 1820. The molecule has 2 heterocycles. The van der Waals surface area contributed by atoms with E-state index in [1.807, 2.05) is 52.0 Å². The molecule has 1 aromatic heterocycles. The van der Waals surface area contributed by atoms with E-state index in [-0.39, 0.29) is 16.8 Å². The van der Waals surface area contributed by atoms with E-state index >= 15 is 0 Å². The van der Waals surface area contributed by atoms with E-state index in [0.717, 1.165) is 34.4 Å². The molecule has 0 saturated carbocycles. The van der Waals surface area contributed by atoms with Crippen LogP contribution in [0.3, 0.4) is 0 Å². The highest BCUT2D eigenvalue weighted by Crippen LogP contribution is 2.42. The summed E-state index contributed by atoms with van der Waals surface area (Å²) in [5, 5.41) is 33.9. The van der Waals surface area contributed by atoms with Crippen molar-refractivity contribution in [1.82, 2.24) is 9.78 Å².